The summed E-state index contributed by atoms with van der Waals surface area (Å²) < 4.78 is 39.0. The molecule has 0 aromatic heterocycles. The second kappa shape index (κ2) is 8.02. The van der Waals surface area contributed by atoms with Gasteiger partial charge in [0, 0.05) is 22.7 Å². The topological polar surface area (TPSA) is 83.8 Å². The van der Waals surface area contributed by atoms with Crippen LogP contribution in [0.15, 0.2) is 54.1 Å². The average molecular weight is 517 g/mol. The van der Waals surface area contributed by atoms with Gasteiger partial charge in [0.05, 0.1) is 11.7 Å². The number of aliphatic hydroxyl groups is 2. The third-order valence-electron chi connectivity index (χ3n) is 9.75. The summed E-state index contributed by atoms with van der Waals surface area (Å²) >= 11 is 5.29. The number of hydrogen-bond acceptors (Lipinski definition) is 5. The van der Waals surface area contributed by atoms with Gasteiger partial charge in [-0.1, -0.05) is 38.1 Å². The van der Waals surface area contributed by atoms with Crippen LogP contribution in [-0.4, -0.2) is 50.6 Å². The highest BCUT2D eigenvalue weighted by Gasteiger charge is 2.77. The molecule has 5 nitrogen and oxygen atoms in total. The van der Waals surface area contributed by atoms with Crippen molar-refractivity contribution in [2.75, 3.05) is 0 Å². The van der Waals surface area contributed by atoms with Crippen LogP contribution in [0.25, 0.3) is 0 Å². The molecule has 9 atom stereocenters. The summed E-state index contributed by atoms with van der Waals surface area (Å²) in [6, 6.07) is 8.28. The molecule has 4 aliphatic carbocycles. The van der Waals surface area contributed by atoms with Crippen LogP contribution in [0.5, 0.6) is 0 Å². The predicted octanol–water partition coefficient (Wildman–Crippen LogP) is 5.03. The number of allylic oxidation sites excluding steroid dienone is 4. The molecule has 1 aromatic rings. The van der Waals surface area contributed by atoms with E-state index in [1.807, 2.05) is 0 Å². The molecule has 0 radical (unpaired) electrons. The van der Waals surface area contributed by atoms with Gasteiger partial charge in [0.15, 0.2) is 17.1 Å². The van der Waals surface area contributed by atoms with Crippen molar-refractivity contribution in [1.82, 2.24) is 0 Å². The Morgan fingerprint density at radius 1 is 1.17 bits per heavy atom. The van der Waals surface area contributed by atoms with E-state index < -0.39 is 68.9 Å². The number of ketones is 1. The fourth-order valence-electron chi connectivity index (χ4n) is 8.02. The minimum Gasteiger partial charge on any atom is -0.499 e. The number of rotatable bonds is 3. The molecule has 192 valence electrons. The number of fused-ring (bicyclic) bond motifs is 5. The van der Waals surface area contributed by atoms with E-state index >= 15 is 8.78 Å². The number of hydrogen-bond donors (Lipinski definition) is 2. The molecule has 3 saturated carbocycles. The summed E-state index contributed by atoms with van der Waals surface area (Å²) in [7, 11) is 0. The van der Waals surface area contributed by atoms with Gasteiger partial charge in [-0.05, 0) is 74.2 Å². The number of aliphatic hydroxyl groups excluding tert-OH is 2. The fourth-order valence-corrected chi connectivity index (χ4v) is 8.50. The summed E-state index contributed by atoms with van der Waals surface area (Å²) in [5.74, 6) is -3.13. The first kappa shape index (κ1) is 25.2. The Labute approximate surface area is 214 Å². The molecule has 4 aliphatic rings. The summed E-state index contributed by atoms with van der Waals surface area (Å²) in [4.78, 5) is 25.2. The summed E-state index contributed by atoms with van der Waals surface area (Å²) in [5, 5.41) is 21.8. The number of benzene rings is 1. The zero-order valence-electron chi connectivity index (χ0n) is 20.4. The molecule has 0 spiro atoms. The Kier molecular flexibility index (Phi) is 5.62. The number of esters is 1. The number of carbonyl (C=O) groups is 2. The minimum atomic E-state index is -2.26. The molecule has 0 saturated heterocycles. The van der Waals surface area contributed by atoms with Crippen LogP contribution in [0.3, 0.4) is 0 Å². The van der Waals surface area contributed by atoms with Crippen LogP contribution >= 0.6 is 12.2 Å². The maximum Gasteiger partial charge on any atom is 0.339 e. The van der Waals surface area contributed by atoms with E-state index in [1.54, 1.807) is 44.2 Å². The minimum absolute atomic E-state index is 0.0434. The first-order valence-corrected chi connectivity index (χ1v) is 12.7. The van der Waals surface area contributed by atoms with Gasteiger partial charge in [0.1, 0.15) is 6.17 Å². The molecular formula is C28H30F2O5S. The molecule has 1 unspecified atom stereocenters. The second-order valence-corrected chi connectivity index (χ2v) is 11.7. The Bertz CT molecular complexity index is 1200. The first-order chi connectivity index (χ1) is 16.8. The highest BCUT2D eigenvalue weighted by molar-refractivity contribution is 7.80. The van der Waals surface area contributed by atoms with Crippen molar-refractivity contribution in [3.63, 3.8) is 0 Å². The van der Waals surface area contributed by atoms with Crippen molar-refractivity contribution in [1.29, 1.82) is 0 Å². The maximum atomic E-state index is 17.3. The van der Waals surface area contributed by atoms with Crippen molar-refractivity contribution in [3.8, 4) is 0 Å². The number of halogens is 2. The Balaban J connectivity index is 1.62. The van der Waals surface area contributed by atoms with Gasteiger partial charge < -0.3 is 14.9 Å². The molecular weight excluding hydrogens is 486 g/mol. The SMILES string of the molecule is C[C@@H]1C[C@H]2[C@@H]3C[C@H](F)C4=CC(=O)C=C[C@]4(C)C3(F)[C@@H](O)C[C@]2(C)[C@@]1(OC(=O)c1ccccc1)C(O)=S. The van der Waals surface area contributed by atoms with Crippen LogP contribution in [0.2, 0.25) is 0 Å². The summed E-state index contributed by atoms with van der Waals surface area (Å²) in [6.07, 6.45) is 0.507. The number of thiocarbonyl (C=S) groups is 1. The number of alkyl halides is 2. The lowest BCUT2D eigenvalue weighted by Crippen LogP contribution is -2.70. The molecule has 0 aliphatic heterocycles. The largest absolute Gasteiger partial charge is 0.499 e. The van der Waals surface area contributed by atoms with Crippen LogP contribution in [-0.2, 0) is 9.53 Å². The van der Waals surface area contributed by atoms with E-state index in [0.29, 0.717) is 6.42 Å². The van der Waals surface area contributed by atoms with Gasteiger partial charge in [0.25, 0.3) is 0 Å². The monoisotopic (exact) mass is 516 g/mol. The van der Waals surface area contributed by atoms with Gasteiger partial charge in [-0.15, -0.1) is 0 Å². The maximum absolute atomic E-state index is 17.3. The van der Waals surface area contributed by atoms with Crippen molar-refractivity contribution in [2.24, 2.45) is 28.6 Å². The fraction of sp³-hybridized carbons (Fsp3) is 0.536. The third-order valence-corrected chi connectivity index (χ3v) is 10.1. The van der Waals surface area contributed by atoms with Crippen molar-refractivity contribution < 1.29 is 33.3 Å². The highest BCUT2D eigenvalue weighted by Crippen LogP contribution is 2.71. The molecule has 2 N–H and O–H groups in total. The van der Waals surface area contributed by atoms with Gasteiger partial charge in [-0.2, -0.15) is 0 Å². The van der Waals surface area contributed by atoms with Gasteiger partial charge >= 0.3 is 5.97 Å². The quantitative estimate of drug-likeness (QED) is 0.433. The molecule has 0 heterocycles. The number of ether oxygens (including phenoxy) is 1. The lowest BCUT2D eigenvalue weighted by molar-refractivity contribution is -0.215. The van der Waals surface area contributed by atoms with Gasteiger partial charge in [-0.25, -0.2) is 13.6 Å². The Morgan fingerprint density at radius 3 is 2.47 bits per heavy atom. The smallest absolute Gasteiger partial charge is 0.339 e. The van der Waals surface area contributed by atoms with E-state index in [1.165, 1.54) is 19.1 Å². The van der Waals surface area contributed by atoms with E-state index in [2.05, 4.69) is 0 Å². The second-order valence-electron chi connectivity index (χ2n) is 11.3. The van der Waals surface area contributed by atoms with Crippen molar-refractivity contribution >= 4 is 29.0 Å². The van der Waals surface area contributed by atoms with Crippen LogP contribution in [0, 0.1) is 28.6 Å². The van der Waals surface area contributed by atoms with Crippen molar-refractivity contribution in [2.45, 2.75) is 63.6 Å². The predicted molar refractivity (Wildman–Crippen MR) is 133 cm³/mol. The molecule has 0 bridgehead atoms. The standard InChI is InChI=1S/C28H30F2O5S/c1-15-11-18-19-13-21(29)20-12-17(31)9-10-25(20,2)27(19,30)22(32)14-26(18,3)28(15,24(34)36)35-23(33)16-7-5-4-6-8-16/h4-10,12,15,18-19,21-22,32H,11,13-14H2,1-3H3,(H,34,36)/t15-,18+,19+,21+,22+,25+,26+,27?,28+/m1/s1. The van der Waals surface area contributed by atoms with Crippen LogP contribution in [0.4, 0.5) is 8.78 Å². The van der Waals surface area contributed by atoms with E-state index in [-0.39, 0.29) is 24.0 Å². The average Bonchev–Trinajstić information content (AvgIpc) is 3.05. The van der Waals surface area contributed by atoms with E-state index in [4.69, 9.17) is 17.0 Å². The molecule has 36 heavy (non-hydrogen) atoms. The summed E-state index contributed by atoms with van der Waals surface area (Å²) in [6.45, 7) is 5.05. The van der Waals surface area contributed by atoms with Crippen LogP contribution in [0.1, 0.15) is 50.4 Å². The summed E-state index contributed by atoms with van der Waals surface area (Å²) in [5.41, 5.74) is -6.30. The lowest BCUT2D eigenvalue weighted by Gasteiger charge is -2.63. The van der Waals surface area contributed by atoms with Gasteiger partial charge in [-0.3, -0.25) is 4.79 Å². The Morgan fingerprint density at radius 2 is 1.83 bits per heavy atom. The molecule has 1 aromatic carbocycles. The third kappa shape index (κ3) is 2.97. The van der Waals surface area contributed by atoms with E-state index in [0.717, 1.165) is 6.08 Å². The van der Waals surface area contributed by atoms with Crippen LogP contribution < -0.4 is 0 Å². The zero-order valence-corrected chi connectivity index (χ0v) is 21.2. The molecule has 5 rings (SSSR count). The normalized spacial score (nSPS) is 45.2. The van der Waals surface area contributed by atoms with E-state index in [9.17, 15) is 19.8 Å². The van der Waals surface area contributed by atoms with Gasteiger partial charge in [0.2, 0.25) is 5.05 Å². The first-order valence-electron chi connectivity index (χ1n) is 12.3. The Hall–Kier alpha value is -2.45. The zero-order chi connectivity index (χ0) is 26.3. The van der Waals surface area contributed by atoms with Crippen molar-refractivity contribution in [3.05, 3.63) is 59.7 Å². The molecule has 8 heteroatoms. The number of carbonyl (C=O) groups excluding carboxylic acids is 2. The highest BCUT2D eigenvalue weighted by atomic mass is 32.1. The lowest BCUT2D eigenvalue weighted by atomic mass is 9.44. The molecule has 3 fully saturated rings. The molecule has 0 amide bonds.